The topological polar surface area (TPSA) is 72.1 Å². The van der Waals surface area contributed by atoms with Gasteiger partial charge in [0.25, 0.3) is 11.8 Å². The summed E-state index contributed by atoms with van der Waals surface area (Å²) in [5.41, 5.74) is 4.30. The van der Waals surface area contributed by atoms with E-state index in [0.717, 1.165) is 22.4 Å². The zero-order chi connectivity index (χ0) is 20.7. The van der Waals surface area contributed by atoms with Crippen LogP contribution in [0.4, 0.5) is 14.5 Å². The predicted octanol–water partition coefficient (Wildman–Crippen LogP) is 4.90. The number of carbonyl (C=O) groups excluding carboxylic acids is 1. The molecule has 0 spiro atoms. The Morgan fingerprint density at radius 3 is 2.60 bits per heavy atom. The number of hydrogen-bond acceptors (Lipinski definition) is 5. The molecule has 0 N–H and O–H groups in total. The molecule has 30 heavy (non-hydrogen) atoms. The Bertz CT molecular complexity index is 1240. The first-order chi connectivity index (χ1) is 14.6. The van der Waals surface area contributed by atoms with Crippen LogP contribution >= 0.6 is 0 Å². The van der Waals surface area contributed by atoms with Gasteiger partial charge < -0.3 is 9.32 Å². The maximum Gasteiger partial charge on any atom is 0.314 e. The molecule has 2 aromatic heterocycles. The second kappa shape index (κ2) is 7.14. The number of halogens is 2. The number of pyridine rings is 1. The van der Waals surface area contributed by atoms with Gasteiger partial charge in [0.2, 0.25) is 5.89 Å². The Morgan fingerprint density at radius 2 is 1.83 bits per heavy atom. The molecule has 0 radical (unpaired) electrons. The van der Waals surface area contributed by atoms with Crippen LogP contribution in [0.1, 0.15) is 28.2 Å². The van der Waals surface area contributed by atoms with Crippen LogP contribution < -0.4 is 4.90 Å². The molecule has 0 atom stereocenters. The molecular weight excluding hydrogens is 390 g/mol. The van der Waals surface area contributed by atoms with Gasteiger partial charge in [-0.25, -0.2) is 0 Å². The molecule has 0 bridgehead atoms. The maximum absolute atomic E-state index is 13.2. The standard InChI is InChI=1S/C22H14F2N4O2/c23-19(24)21-27-26-20(30-21)13-7-8-15-12-28(22(29)17(15)10-13)18-6-2-1-5-16(18)14-4-3-9-25-11-14/h1-11,19H,12H2. The molecule has 1 aliphatic heterocycles. The number of benzene rings is 2. The second-order valence-corrected chi connectivity index (χ2v) is 6.77. The molecule has 5 rings (SSSR count). The van der Waals surface area contributed by atoms with Crippen molar-refractivity contribution in [3.05, 3.63) is 84.0 Å². The van der Waals surface area contributed by atoms with Gasteiger partial charge in [-0.05, 0) is 29.8 Å². The van der Waals surface area contributed by atoms with Crippen molar-refractivity contribution in [3.63, 3.8) is 0 Å². The fourth-order valence-electron chi connectivity index (χ4n) is 3.54. The Morgan fingerprint density at radius 1 is 0.967 bits per heavy atom. The number of hydrogen-bond donors (Lipinski definition) is 0. The third-order valence-corrected chi connectivity index (χ3v) is 4.96. The monoisotopic (exact) mass is 404 g/mol. The number of anilines is 1. The first kappa shape index (κ1) is 18.1. The molecule has 3 heterocycles. The number of nitrogens with zero attached hydrogens (tertiary/aromatic N) is 4. The van der Waals surface area contributed by atoms with E-state index in [-0.39, 0.29) is 11.8 Å². The van der Waals surface area contributed by atoms with Gasteiger partial charge in [-0.1, -0.05) is 30.3 Å². The van der Waals surface area contributed by atoms with Gasteiger partial charge in [0.15, 0.2) is 0 Å². The van der Waals surface area contributed by atoms with E-state index in [9.17, 15) is 13.6 Å². The van der Waals surface area contributed by atoms with E-state index >= 15 is 0 Å². The number of aromatic nitrogens is 3. The maximum atomic E-state index is 13.2. The normalized spacial score (nSPS) is 13.2. The number of fused-ring (bicyclic) bond motifs is 1. The summed E-state index contributed by atoms with van der Waals surface area (Å²) < 4.78 is 30.5. The van der Waals surface area contributed by atoms with Crippen LogP contribution in [-0.2, 0) is 6.54 Å². The number of amides is 1. The van der Waals surface area contributed by atoms with E-state index in [1.54, 1.807) is 35.5 Å². The fraction of sp³-hybridized carbons (Fsp3) is 0.0909. The predicted molar refractivity (Wildman–Crippen MR) is 105 cm³/mol. The molecule has 148 valence electrons. The van der Waals surface area contributed by atoms with Gasteiger partial charge >= 0.3 is 6.43 Å². The Kier molecular flexibility index (Phi) is 4.31. The summed E-state index contributed by atoms with van der Waals surface area (Å²) in [5.74, 6) is -0.976. The van der Waals surface area contributed by atoms with Gasteiger partial charge in [-0.2, -0.15) is 8.78 Å². The third-order valence-electron chi connectivity index (χ3n) is 4.96. The van der Waals surface area contributed by atoms with Gasteiger partial charge in [-0.15, -0.1) is 10.2 Å². The smallest absolute Gasteiger partial charge is 0.314 e. The van der Waals surface area contributed by atoms with E-state index < -0.39 is 12.3 Å². The summed E-state index contributed by atoms with van der Waals surface area (Å²) in [6.45, 7) is 0.401. The largest absolute Gasteiger partial charge is 0.415 e. The van der Waals surface area contributed by atoms with E-state index in [4.69, 9.17) is 4.42 Å². The number of rotatable bonds is 4. The van der Waals surface area contributed by atoms with Crippen LogP contribution in [0.15, 0.2) is 71.4 Å². The molecule has 8 heteroatoms. The first-order valence-electron chi connectivity index (χ1n) is 9.18. The minimum atomic E-state index is -2.85. The molecule has 1 aliphatic rings. The summed E-state index contributed by atoms with van der Waals surface area (Å²) in [4.78, 5) is 19.1. The third kappa shape index (κ3) is 3.02. The van der Waals surface area contributed by atoms with Crippen LogP contribution in [0.3, 0.4) is 0 Å². The lowest BCUT2D eigenvalue weighted by Gasteiger charge is -2.19. The highest BCUT2D eigenvalue weighted by atomic mass is 19.3. The zero-order valence-corrected chi connectivity index (χ0v) is 15.5. The molecule has 0 aliphatic carbocycles. The quantitative estimate of drug-likeness (QED) is 0.484. The molecule has 0 unspecified atom stereocenters. The van der Waals surface area contributed by atoms with E-state index in [1.807, 2.05) is 36.4 Å². The Hall–Kier alpha value is -3.94. The van der Waals surface area contributed by atoms with E-state index in [0.29, 0.717) is 17.7 Å². The molecule has 1 amide bonds. The molecule has 0 saturated heterocycles. The SMILES string of the molecule is O=C1c2cc(-c3nnc(C(F)F)o3)ccc2CN1c1ccccc1-c1cccnc1. The summed E-state index contributed by atoms with van der Waals surface area (Å²) in [5, 5.41) is 7.01. The molecule has 0 fully saturated rings. The lowest BCUT2D eigenvalue weighted by Crippen LogP contribution is -2.23. The molecular formula is C22H14F2N4O2. The average molecular weight is 404 g/mol. The van der Waals surface area contributed by atoms with E-state index in [2.05, 4.69) is 15.2 Å². The second-order valence-electron chi connectivity index (χ2n) is 6.77. The minimum absolute atomic E-state index is 0.0462. The summed E-state index contributed by atoms with van der Waals surface area (Å²) in [6, 6.07) is 16.5. The van der Waals surface area contributed by atoms with Crippen molar-refractivity contribution in [1.29, 1.82) is 0 Å². The first-order valence-corrected chi connectivity index (χ1v) is 9.18. The van der Waals surface area contributed by atoms with Gasteiger partial charge in [-0.3, -0.25) is 9.78 Å². The van der Waals surface area contributed by atoms with Gasteiger partial charge in [0.05, 0.1) is 12.2 Å². The van der Waals surface area contributed by atoms with Crippen LogP contribution in [0.25, 0.3) is 22.6 Å². The van der Waals surface area contributed by atoms with Crippen molar-refractivity contribution in [3.8, 4) is 22.6 Å². The average Bonchev–Trinajstić information content (AvgIpc) is 3.40. The lowest BCUT2D eigenvalue weighted by atomic mass is 10.0. The summed E-state index contributed by atoms with van der Waals surface area (Å²) in [6.07, 6.45) is 0.601. The van der Waals surface area contributed by atoms with Crippen LogP contribution in [0, 0.1) is 0 Å². The van der Waals surface area contributed by atoms with Gasteiger partial charge in [0.1, 0.15) is 0 Å². The highest BCUT2D eigenvalue weighted by molar-refractivity contribution is 6.12. The summed E-state index contributed by atoms with van der Waals surface area (Å²) >= 11 is 0. The van der Waals surface area contributed by atoms with Crippen molar-refractivity contribution in [2.24, 2.45) is 0 Å². The van der Waals surface area contributed by atoms with Crippen LogP contribution in [0.2, 0.25) is 0 Å². The number of para-hydroxylation sites is 1. The van der Waals surface area contributed by atoms with Crippen molar-refractivity contribution < 1.29 is 18.0 Å². The van der Waals surface area contributed by atoms with Crippen molar-refractivity contribution in [1.82, 2.24) is 15.2 Å². The Labute approximate surface area is 169 Å². The molecule has 0 saturated carbocycles. The minimum Gasteiger partial charge on any atom is -0.415 e. The van der Waals surface area contributed by atoms with Gasteiger partial charge in [0, 0.05) is 34.6 Å². The Balaban J connectivity index is 1.51. The van der Waals surface area contributed by atoms with E-state index in [1.165, 1.54) is 0 Å². The lowest BCUT2D eigenvalue weighted by molar-refractivity contribution is 0.0996. The van der Waals surface area contributed by atoms with Crippen molar-refractivity contribution in [2.75, 3.05) is 4.90 Å². The van der Waals surface area contributed by atoms with Crippen molar-refractivity contribution >= 4 is 11.6 Å². The fourth-order valence-corrected chi connectivity index (χ4v) is 3.54. The molecule has 4 aromatic rings. The van der Waals surface area contributed by atoms with Crippen LogP contribution in [0.5, 0.6) is 0 Å². The molecule has 2 aromatic carbocycles. The highest BCUT2D eigenvalue weighted by Gasteiger charge is 2.31. The van der Waals surface area contributed by atoms with Crippen molar-refractivity contribution in [2.45, 2.75) is 13.0 Å². The van der Waals surface area contributed by atoms with Crippen LogP contribution in [-0.4, -0.2) is 21.1 Å². The summed E-state index contributed by atoms with van der Waals surface area (Å²) in [7, 11) is 0. The highest BCUT2D eigenvalue weighted by Crippen LogP contribution is 2.37. The number of carbonyl (C=O) groups is 1. The number of alkyl halides is 2. The zero-order valence-electron chi connectivity index (χ0n) is 15.5. The molecule has 6 nitrogen and oxygen atoms in total.